The molecule has 1 atom stereocenters. The van der Waals surface area contributed by atoms with Gasteiger partial charge in [-0.3, -0.25) is 0 Å². The summed E-state index contributed by atoms with van der Waals surface area (Å²) in [4.78, 5) is 17.0. The monoisotopic (exact) mass is 543 g/mol. The van der Waals surface area contributed by atoms with Gasteiger partial charge in [-0.05, 0) is 67.6 Å². The smallest absolute Gasteiger partial charge is 0.416 e. The summed E-state index contributed by atoms with van der Waals surface area (Å²) in [5.41, 5.74) is 0.765. The van der Waals surface area contributed by atoms with Crippen molar-refractivity contribution in [1.29, 1.82) is 0 Å². The van der Waals surface area contributed by atoms with Crippen LogP contribution in [-0.4, -0.2) is 27.9 Å². The van der Waals surface area contributed by atoms with Crippen LogP contribution in [0.25, 0.3) is 11.5 Å². The van der Waals surface area contributed by atoms with Crippen LogP contribution in [0.3, 0.4) is 0 Å². The number of rotatable bonds is 11. The van der Waals surface area contributed by atoms with Gasteiger partial charge in [-0.15, -0.1) is 11.8 Å². The minimum Gasteiger partial charge on any atom is -0.487 e. The molecule has 10 heteroatoms. The first-order chi connectivity index (χ1) is 18.2. The second kappa shape index (κ2) is 12.1. The van der Waals surface area contributed by atoms with Crippen molar-refractivity contribution in [3.63, 3.8) is 0 Å². The topological polar surface area (TPSA) is 81.8 Å². The van der Waals surface area contributed by atoms with Crippen molar-refractivity contribution in [3.05, 3.63) is 95.9 Å². The van der Waals surface area contributed by atoms with Gasteiger partial charge in [-0.2, -0.15) is 13.2 Å². The number of carboxylic acid groups (broad SMARTS) is 1. The molecule has 3 aromatic carbocycles. The van der Waals surface area contributed by atoms with Gasteiger partial charge < -0.3 is 19.0 Å². The molecule has 0 amide bonds. The quantitative estimate of drug-likeness (QED) is 0.199. The molecular formula is C28H24F3NO5S. The van der Waals surface area contributed by atoms with Crippen LogP contribution in [0.1, 0.15) is 23.4 Å². The Bertz CT molecular complexity index is 1340. The van der Waals surface area contributed by atoms with E-state index in [0.717, 1.165) is 34.7 Å². The maximum absolute atomic E-state index is 12.7. The molecule has 0 radical (unpaired) electrons. The van der Waals surface area contributed by atoms with Crippen LogP contribution in [0, 0.1) is 6.92 Å². The van der Waals surface area contributed by atoms with Gasteiger partial charge >= 0.3 is 12.1 Å². The van der Waals surface area contributed by atoms with Gasteiger partial charge in [-0.1, -0.05) is 18.2 Å². The molecule has 4 rings (SSSR count). The highest BCUT2D eigenvalue weighted by atomic mass is 32.2. The molecule has 0 spiro atoms. The summed E-state index contributed by atoms with van der Waals surface area (Å²) >= 11 is 1.43. The summed E-state index contributed by atoms with van der Waals surface area (Å²) in [6.07, 6.45) is -5.49. The Labute approximate surface area is 221 Å². The molecule has 1 unspecified atom stereocenters. The molecule has 1 heterocycles. The summed E-state index contributed by atoms with van der Waals surface area (Å²) in [6.45, 7) is 2.08. The average molecular weight is 544 g/mol. The number of carbonyl (C=O) groups is 1. The van der Waals surface area contributed by atoms with Crippen LogP contribution in [0.15, 0.2) is 88.2 Å². The van der Waals surface area contributed by atoms with Gasteiger partial charge in [0.25, 0.3) is 0 Å². The zero-order valence-corrected chi connectivity index (χ0v) is 21.1. The van der Waals surface area contributed by atoms with Gasteiger partial charge in [0.1, 0.15) is 29.6 Å². The lowest BCUT2D eigenvalue weighted by Crippen LogP contribution is -2.27. The van der Waals surface area contributed by atoms with Crippen molar-refractivity contribution in [1.82, 2.24) is 4.98 Å². The van der Waals surface area contributed by atoms with E-state index in [-0.39, 0.29) is 18.8 Å². The predicted molar refractivity (Wildman–Crippen MR) is 136 cm³/mol. The van der Waals surface area contributed by atoms with E-state index in [1.165, 1.54) is 11.8 Å². The van der Waals surface area contributed by atoms with Gasteiger partial charge in [0.2, 0.25) is 5.89 Å². The Morgan fingerprint density at radius 1 is 1.00 bits per heavy atom. The number of thioether (sulfide) groups is 1. The molecular weight excluding hydrogens is 519 g/mol. The maximum atomic E-state index is 12.7. The van der Waals surface area contributed by atoms with Crippen molar-refractivity contribution in [2.75, 3.05) is 5.75 Å². The third-order valence-corrected chi connectivity index (χ3v) is 6.54. The summed E-state index contributed by atoms with van der Waals surface area (Å²) < 4.78 is 55.1. The number of hydrogen-bond donors (Lipinski definition) is 1. The first-order valence-corrected chi connectivity index (χ1v) is 12.6. The number of aromatic nitrogens is 1. The Morgan fingerprint density at radius 3 is 2.29 bits per heavy atom. The van der Waals surface area contributed by atoms with Crippen LogP contribution in [0.2, 0.25) is 0 Å². The first kappa shape index (κ1) is 27.1. The Hall–Kier alpha value is -3.92. The van der Waals surface area contributed by atoms with Crippen LogP contribution in [0.5, 0.6) is 11.5 Å². The molecule has 1 N–H and O–H groups in total. The largest absolute Gasteiger partial charge is 0.487 e. The Balaban J connectivity index is 1.26. The number of carboxylic acids is 1. The van der Waals surface area contributed by atoms with Gasteiger partial charge in [0.15, 0.2) is 6.10 Å². The molecule has 0 saturated carbocycles. The Morgan fingerprint density at radius 2 is 1.66 bits per heavy atom. The highest BCUT2D eigenvalue weighted by Gasteiger charge is 2.30. The van der Waals surface area contributed by atoms with Crippen LogP contribution in [-0.2, 0) is 17.6 Å². The zero-order valence-electron chi connectivity index (χ0n) is 20.3. The van der Waals surface area contributed by atoms with Crippen LogP contribution in [0.4, 0.5) is 13.2 Å². The van der Waals surface area contributed by atoms with E-state index in [0.29, 0.717) is 28.8 Å². The Kier molecular flexibility index (Phi) is 8.62. The maximum Gasteiger partial charge on any atom is 0.416 e. The van der Waals surface area contributed by atoms with Crippen molar-refractivity contribution in [2.24, 2.45) is 0 Å². The molecule has 0 aliphatic rings. The number of halogens is 3. The minimum atomic E-state index is -4.47. The molecule has 0 aliphatic carbocycles. The minimum absolute atomic E-state index is 0.0649. The SMILES string of the molecule is Cc1oc(-c2ccccc2)nc1COc1ccc(SCCC(Oc2ccc(C(F)(F)F)cc2)C(=O)O)cc1. The van der Waals surface area contributed by atoms with Gasteiger partial charge in [0.05, 0.1) is 5.56 Å². The summed E-state index contributed by atoms with van der Waals surface area (Å²) in [6, 6.07) is 20.9. The summed E-state index contributed by atoms with van der Waals surface area (Å²) in [7, 11) is 0. The van der Waals surface area contributed by atoms with Crippen molar-refractivity contribution in [2.45, 2.75) is 37.1 Å². The lowest BCUT2D eigenvalue weighted by atomic mass is 10.2. The van der Waals surface area contributed by atoms with E-state index in [4.69, 9.17) is 13.9 Å². The number of oxazole rings is 1. The number of aliphatic carboxylic acids is 1. The fraction of sp³-hybridized carbons (Fsp3) is 0.214. The first-order valence-electron chi connectivity index (χ1n) is 11.6. The van der Waals surface area contributed by atoms with Crippen molar-refractivity contribution in [3.8, 4) is 23.0 Å². The number of alkyl halides is 3. The second-order valence-corrected chi connectivity index (χ2v) is 9.42. The van der Waals surface area contributed by atoms with Crippen molar-refractivity contribution < 1.29 is 37.0 Å². The highest BCUT2D eigenvalue weighted by Crippen LogP contribution is 2.31. The number of aryl methyl sites for hydroxylation is 1. The zero-order chi connectivity index (χ0) is 27.1. The lowest BCUT2D eigenvalue weighted by Gasteiger charge is -2.15. The van der Waals surface area contributed by atoms with Crippen LogP contribution < -0.4 is 9.47 Å². The molecule has 0 aliphatic heterocycles. The number of nitrogens with zero attached hydrogens (tertiary/aromatic N) is 1. The number of benzene rings is 3. The molecule has 0 saturated heterocycles. The summed E-state index contributed by atoms with van der Waals surface area (Å²) in [5.74, 6) is 1.17. The van der Waals surface area contributed by atoms with E-state index in [2.05, 4.69) is 4.98 Å². The molecule has 6 nitrogen and oxygen atoms in total. The van der Waals surface area contributed by atoms with E-state index in [9.17, 15) is 23.1 Å². The van der Waals surface area contributed by atoms with Gasteiger partial charge in [0, 0.05) is 22.6 Å². The van der Waals surface area contributed by atoms with E-state index in [1.54, 1.807) is 0 Å². The van der Waals surface area contributed by atoms with Crippen molar-refractivity contribution >= 4 is 17.7 Å². The molecule has 4 aromatic rings. The van der Waals surface area contributed by atoms with E-state index < -0.39 is 23.8 Å². The van der Waals surface area contributed by atoms with Crippen LogP contribution >= 0.6 is 11.8 Å². The molecule has 1 aromatic heterocycles. The average Bonchev–Trinajstić information content (AvgIpc) is 3.28. The van der Waals surface area contributed by atoms with Gasteiger partial charge in [-0.25, -0.2) is 9.78 Å². The molecule has 38 heavy (non-hydrogen) atoms. The fourth-order valence-corrected chi connectivity index (χ4v) is 4.35. The van der Waals surface area contributed by atoms with E-state index in [1.807, 2.05) is 61.5 Å². The lowest BCUT2D eigenvalue weighted by molar-refractivity contribution is -0.145. The third kappa shape index (κ3) is 7.32. The van der Waals surface area contributed by atoms with E-state index >= 15 is 0 Å². The fourth-order valence-electron chi connectivity index (χ4n) is 3.45. The standard InChI is InChI=1S/C28H24F3NO5S/c1-18-24(32-26(36-18)19-5-3-2-4-6-19)17-35-21-11-13-23(14-12-21)38-16-15-25(27(33)34)37-22-9-7-20(8-10-22)28(29,30)31/h2-14,25H,15-17H2,1H3,(H,33,34). The third-order valence-electron chi connectivity index (χ3n) is 5.50. The molecule has 198 valence electrons. The summed E-state index contributed by atoms with van der Waals surface area (Å²) in [5, 5.41) is 9.45. The highest BCUT2D eigenvalue weighted by molar-refractivity contribution is 7.99. The molecule has 0 bridgehead atoms. The normalized spacial score (nSPS) is 12.2. The predicted octanol–water partition coefficient (Wildman–Crippen LogP) is 7.26. The number of hydrogen-bond acceptors (Lipinski definition) is 6. The second-order valence-electron chi connectivity index (χ2n) is 8.25. The number of ether oxygens (including phenoxy) is 2. The molecule has 0 fully saturated rings.